The van der Waals surface area contributed by atoms with Crippen molar-refractivity contribution in [1.82, 2.24) is 14.9 Å². The van der Waals surface area contributed by atoms with Crippen LogP contribution in [0.1, 0.15) is 5.56 Å². The molecule has 2 aromatic carbocycles. The van der Waals surface area contributed by atoms with Crippen LogP contribution in [0.5, 0.6) is 5.75 Å². The van der Waals surface area contributed by atoms with E-state index in [9.17, 15) is 19.7 Å². The molecule has 0 bridgehead atoms. The molecule has 27 heavy (non-hydrogen) atoms. The van der Waals surface area contributed by atoms with Gasteiger partial charge in [-0.3, -0.25) is 24.3 Å². The third-order valence-electron chi connectivity index (χ3n) is 3.96. The number of carbonyl (C=O) groups is 1. The minimum absolute atomic E-state index is 0.0901. The van der Waals surface area contributed by atoms with Gasteiger partial charge in [0.25, 0.3) is 11.2 Å². The second kappa shape index (κ2) is 7.65. The van der Waals surface area contributed by atoms with E-state index in [-0.39, 0.29) is 30.1 Å². The first-order chi connectivity index (χ1) is 13.0. The predicted molar refractivity (Wildman–Crippen MR) is 97.5 cm³/mol. The normalized spacial score (nSPS) is 10.6. The third kappa shape index (κ3) is 4.09. The van der Waals surface area contributed by atoms with E-state index >= 15 is 0 Å². The molecule has 9 heteroatoms. The molecule has 0 aliphatic rings. The number of nitrogens with one attached hydrogen (secondary N) is 1. The molecule has 0 unspecified atom stereocenters. The van der Waals surface area contributed by atoms with Gasteiger partial charge in [-0.1, -0.05) is 12.1 Å². The Hall–Kier alpha value is -3.75. The number of hydrogen-bond donors (Lipinski definition) is 1. The van der Waals surface area contributed by atoms with Crippen molar-refractivity contribution in [2.24, 2.45) is 0 Å². The van der Waals surface area contributed by atoms with Gasteiger partial charge in [-0.15, -0.1) is 0 Å². The van der Waals surface area contributed by atoms with Crippen molar-refractivity contribution in [1.29, 1.82) is 0 Å². The summed E-state index contributed by atoms with van der Waals surface area (Å²) < 4.78 is 6.24. The minimum Gasteiger partial charge on any atom is -0.497 e. The van der Waals surface area contributed by atoms with Crippen LogP contribution in [0.25, 0.3) is 10.9 Å². The molecule has 0 aliphatic carbocycles. The average Bonchev–Trinajstić information content (AvgIpc) is 2.68. The van der Waals surface area contributed by atoms with Crippen LogP contribution in [0.15, 0.2) is 53.6 Å². The van der Waals surface area contributed by atoms with Gasteiger partial charge in [-0.2, -0.15) is 0 Å². The van der Waals surface area contributed by atoms with Gasteiger partial charge in [0.15, 0.2) is 0 Å². The molecule has 0 fully saturated rings. The molecule has 1 N–H and O–H groups in total. The molecule has 3 rings (SSSR count). The largest absolute Gasteiger partial charge is 0.497 e. The van der Waals surface area contributed by atoms with Crippen LogP contribution in [-0.4, -0.2) is 27.5 Å². The van der Waals surface area contributed by atoms with Crippen LogP contribution in [0, 0.1) is 10.1 Å². The summed E-state index contributed by atoms with van der Waals surface area (Å²) in [6.45, 7) is 0.0334. The Morgan fingerprint density at radius 3 is 2.85 bits per heavy atom. The van der Waals surface area contributed by atoms with Crippen LogP contribution < -0.4 is 15.6 Å². The van der Waals surface area contributed by atoms with Gasteiger partial charge < -0.3 is 10.1 Å². The SMILES string of the molecule is COc1cccc(CNC(=O)Cn2cnc3ccc([N+](=O)[O-])cc3c2=O)c1. The fraction of sp³-hybridized carbons (Fsp3) is 0.167. The zero-order chi connectivity index (χ0) is 19.4. The smallest absolute Gasteiger partial charge is 0.270 e. The number of nitro groups is 1. The van der Waals surface area contributed by atoms with Crippen molar-refractivity contribution >= 4 is 22.5 Å². The molecule has 0 atom stereocenters. The molecular formula is C18H16N4O5. The van der Waals surface area contributed by atoms with Gasteiger partial charge in [-0.05, 0) is 23.8 Å². The second-order valence-electron chi connectivity index (χ2n) is 5.76. The van der Waals surface area contributed by atoms with Crippen LogP contribution in [0.4, 0.5) is 5.69 Å². The van der Waals surface area contributed by atoms with E-state index in [1.165, 1.54) is 18.5 Å². The van der Waals surface area contributed by atoms with Crippen molar-refractivity contribution in [2.75, 3.05) is 7.11 Å². The van der Waals surface area contributed by atoms with Gasteiger partial charge in [0.05, 0.1) is 29.3 Å². The number of carbonyl (C=O) groups excluding carboxylic acids is 1. The standard InChI is InChI=1S/C18H16N4O5/c1-27-14-4-2-3-12(7-14)9-19-17(23)10-21-11-20-16-6-5-13(22(25)26)8-15(16)18(21)24/h2-8,11H,9-10H2,1H3,(H,19,23). The number of amides is 1. The van der Waals surface area contributed by atoms with E-state index in [0.717, 1.165) is 16.2 Å². The van der Waals surface area contributed by atoms with Crippen molar-refractivity contribution in [3.8, 4) is 5.75 Å². The highest BCUT2D eigenvalue weighted by Crippen LogP contribution is 2.16. The monoisotopic (exact) mass is 368 g/mol. The maximum atomic E-state index is 12.5. The van der Waals surface area contributed by atoms with Crippen molar-refractivity contribution in [2.45, 2.75) is 13.1 Å². The molecule has 0 saturated heterocycles. The lowest BCUT2D eigenvalue weighted by Crippen LogP contribution is -2.32. The molecule has 1 aromatic heterocycles. The van der Waals surface area contributed by atoms with Gasteiger partial charge in [-0.25, -0.2) is 4.98 Å². The zero-order valence-corrected chi connectivity index (χ0v) is 14.4. The number of hydrogen-bond acceptors (Lipinski definition) is 6. The summed E-state index contributed by atoms with van der Waals surface area (Å²) in [5.41, 5.74) is 0.461. The number of nitrogens with zero attached hydrogens (tertiary/aromatic N) is 3. The maximum Gasteiger partial charge on any atom is 0.270 e. The van der Waals surface area contributed by atoms with Gasteiger partial charge in [0.1, 0.15) is 12.3 Å². The minimum atomic E-state index is -0.586. The first kappa shape index (κ1) is 18.1. The maximum absolute atomic E-state index is 12.5. The van der Waals surface area contributed by atoms with E-state index in [1.807, 2.05) is 12.1 Å². The number of nitro benzene ring substituents is 1. The Labute approximate surface area is 153 Å². The summed E-state index contributed by atoms with van der Waals surface area (Å²) in [7, 11) is 1.56. The topological polar surface area (TPSA) is 116 Å². The molecule has 3 aromatic rings. The van der Waals surface area contributed by atoms with Gasteiger partial charge in [0, 0.05) is 18.7 Å². The highest BCUT2D eigenvalue weighted by atomic mass is 16.6. The number of methoxy groups -OCH3 is 1. The summed E-state index contributed by atoms with van der Waals surface area (Å²) >= 11 is 0. The lowest BCUT2D eigenvalue weighted by Gasteiger charge is -2.09. The van der Waals surface area contributed by atoms with Crippen LogP contribution >= 0.6 is 0 Å². The van der Waals surface area contributed by atoms with Crippen LogP contribution in [-0.2, 0) is 17.9 Å². The summed E-state index contributed by atoms with van der Waals surface area (Å²) in [5.74, 6) is 0.296. The number of non-ortho nitro benzene ring substituents is 1. The number of fused-ring (bicyclic) bond motifs is 1. The van der Waals surface area contributed by atoms with Crippen molar-refractivity contribution in [3.63, 3.8) is 0 Å². The summed E-state index contributed by atoms with van der Waals surface area (Å²) in [6, 6.07) is 11.1. The molecule has 1 amide bonds. The summed E-state index contributed by atoms with van der Waals surface area (Å²) in [5, 5.41) is 13.7. The fourth-order valence-corrected chi connectivity index (χ4v) is 2.57. The van der Waals surface area contributed by atoms with Crippen LogP contribution in [0.3, 0.4) is 0 Å². The highest BCUT2D eigenvalue weighted by Gasteiger charge is 2.12. The predicted octanol–water partition coefficient (Wildman–Crippen LogP) is 1.63. The number of benzene rings is 2. The van der Waals surface area contributed by atoms with Crippen LogP contribution in [0.2, 0.25) is 0 Å². The Morgan fingerprint density at radius 2 is 2.11 bits per heavy atom. The zero-order valence-electron chi connectivity index (χ0n) is 14.4. The Morgan fingerprint density at radius 1 is 1.30 bits per heavy atom. The third-order valence-corrected chi connectivity index (χ3v) is 3.96. The fourth-order valence-electron chi connectivity index (χ4n) is 2.57. The number of ether oxygens (including phenoxy) is 1. The Balaban J connectivity index is 1.75. The molecule has 9 nitrogen and oxygen atoms in total. The summed E-state index contributed by atoms with van der Waals surface area (Å²) in [4.78, 5) is 39.0. The molecule has 1 heterocycles. The quantitative estimate of drug-likeness (QED) is 0.522. The molecule has 0 saturated carbocycles. The lowest BCUT2D eigenvalue weighted by atomic mass is 10.2. The lowest BCUT2D eigenvalue weighted by molar-refractivity contribution is -0.384. The van der Waals surface area contributed by atoms with E-state index in [1.54, 1.807) is 19.2 Å². The van der Waals surface area contributed by atoms with E-state index < -0.39 is 10.5 Å². The molecule has 138 valence electrons. The average molecular weight is 368 g/mol. The first-order valence-electron chi connectivity index (χ1n) is 8.01. The van der Waals surface area contributed by atoms with Gasteiger partial charge in [0.2, 0.25) is 5.91 Å². The number of rotatable bonds is 6. The molecule has 0 radical (unpaired) electrons. The molecular weight excluding hydrogens is 352 g/mol. The second-order valence-corrected chi connectivity index (χ2v) is 5.76. The van der Waals surface area contributed by atoms with E-state index in [2.05, 4.69) is 10.3 Å². The molecule has 0 spiro atoms. The highest BCUT2D eigenvalue weighted by molar-refractivity contribution is 5.80. The van der Waals surface area contributed by atoms with Crippen molar-refractivity contribution in [3.05, 3.63) is 74.8 Å². The van der Waals surface area contributed by atoms with Crippen molar-refractivity contribution < 1.29 is 14.5 Å². The first-order valence-corrected chi connectivity index (χ1v) is 8.01. The van der Waals surface area contributed by atoms with Gasteiger partial charge >= 0.3 is 0 Å². The van der Waals surface area contributed by atoms with E-state index in [0.29, 0.717) is 11.3 Å². The summed E-state index contributed by atoms with van der Waals surface area (Å²) in [6.07, 6.45) is 1.25. The van der Waals surface area contributed by atoms with E-state index in [4.69, 9.17) is 4.74 Å². The molecule has 0 aliphatic heterocycles. The number of aromatic nitrogens is 2. The Kier molecular flexibility index (Phi) is 5.11. The Bertz CT molecular complexity index is 1080.